The molecule has 2 aromatic heterocycles. The number of nitrogens with zero attached hydrogens (tertiary/aromatic N) is 6. The number of rotatable bonds is 11. The fraction of sp³-hybridized carbons (Fsp3) is 0.231. The predicted octanol–water partition coefficient (Wildman–Crippen LogP) is 6.28. The summed E-state index contributed by atoms with van der Waals surface area (Å²) in [5, 5.41) is 10.5. The predicted molar refractivity (Wildman–Crippen MR) is 192 cm³/mol. The number of ether oxygens (including phenoxy) is 1. The molecule has 1 aliphatic heterocycles. The zero-order chi connectivity index (χ0) is 33.6. The molecule has 2 aliphatic rings. The zero-order valence-electron chi connectivity index (χ0n) is 27.8. The number of allylic oxidation sites excluding steroid dienone is 3. The van der Waals surface area contributed by atoms with Crippen molar-refractivity contribution in [2.45, 2.75) is 13.0 Å². The maximum Gasteiger partial charge on any atom is 0.336 e. The second-order valence-electron chi connectivity index (χ2n) is 12.2. The average Bonchev–Trinajstić information content (AvgIpc) is 3.09. The summed E-state index contributed by atoms with van der Waals surface area (Å²) in [4.78, 5) is 33.0. The minimum Gasteiger partial charge on any atom is -0.478 e. The van der Waals surface area contributed by atoms with E-state index in [1.165, 1.54) is 0 Å². The highest BCUT2D eigenvalue weighted by molar-refractivity contribution is 6.15. The van der Waals surface area contributed by atoms with Crippen LogP contribution < -0.4 is 14.5 Å². The van der Waals surface area contributed by atoms with E-state index in [-0.39, 0.29) is 5.57 Å². The second kappa shape index (κ2) is 14.5. The molecule has 0 saturated heterocycles. The van der Waals surface area contributed by atoms with Crippen molar-refractivity contribution in [3.63, 3.8) is 0 Å². The first kappa shape index (κ1) is 32.4. The maximum absolute atomic E-state index is 12.8. The van der Waals surface area contributed by atoms with Crippen molar-refractivity contribution in [2.75, 3.05) is 57.6 Å². The van der Waals surface area contributed by atoms with Gasteiger partial charge in [0, 0.05) is 113 Å². The summed E-state index contributed by atoms with van der Waals surface area (Å²) in [6, 6.07) is 23.9. The molecule has 4 aromatic rings. The second-order valence-corrected chi connectivity index (χ2v) is 12.2. The van der Waals surface area contributed by atoms with Crippen LogP contribution in [0, 0.1) is 0 Å². The quantitative estimate of drug-likeness (QED) is 0.180. The number of benzene rings is 2. The van der Waals surface area contributed by atoms with Crippen molar-refractivity contribution in [1.82, 2.24) is 14.9 Å². The molecule has 0 bridgehead atoms. The number of aliphatic carboxylic acids is 1. The highest BCUT2D eigenvalue weighted by Crippen LogP contribution is 2.48. The minimum absolute atomic E-state index is 0.193. The van der Waals surface area contributed by atoms with E-state index in [2.05, 4.69) is 14.9 Å². The standard InChI is InChI=1S/C39H40N6O3/c1-43(2)30-12-15-33-36(24-30)48-37-25-31(44(3)4)13-16-34(37)38(33)32-14-11-28(23-35(32)39(46)47)42-20-22-45(26-29-10-6-8-19-41-29)21-17-27-9-5-7-18-40-27/h5-16,18-19,23-25H,17,20-22,26H2,1-4H3,(H,46,47). The molecule has 0 saturated carbocycles. The van der Waals surface area contributed by atoms with Gasteiger partial charge in [0.25, 0.3) is 0 Å². The van der Waals surface area contributed by atoms with Crippen molar-refractivity contribution < 1.29 is 14.6 Å². The summed E-state index contributed by atoms with van der Waals surface area (Å²) in [6.45, 7) is 2.68. The summed E-state index contributed by atoms with van der Waals surface area (Å²) >= 11 is 0. The molecule has 1 N–H and O–H groups in total. The van der Waals surface area contributed by atoms with Gasteiger partial charge in [-0.25, -0.2) is 4.79 Å². The molecule has 1 aliphatic carbocycles. The van der Waals surface area contributed by atoms with Gasteiger partial charge in [-0.3, -0.25) is 19.9 Å². The van der Waals surface area contributed by atoms with Gasteiger partial charge < -0.3 is 19.6 Å². The molecule has 0 radical (unpaired) electrons. The van der Waals surface area contributed by atoms with Crippen LogP contribution in [0.4, 0.5) is 11.4 Å². The molecule has 0 spiro atoms. The molecule has 0 amide bonds. The Bertz CT molecular complexity index is 1850. The monoisotopic (exact) mass is 640 g/mol. The van der Waals surface area contributed by atoms with Crippen LogP contribution in [0.5, 0.6) is 11.5 Å². The van der Waals surface area contributed by atoms with E-state index in [0.717, 1.165) is 52.4 Å². The number of hydrogen-bond donors (Lipinski definition) is 1. The summed E-state index contributed by atoms with van der Waals surface area (Å²) < 4.78 is 6.45. The topological polar surface area (TPSA) is 94.4 Å². The number of hydrogen-bond acceptors (Lipinski definition) is 8. The lowest BCUT2D eigenvalue weighted by atomic mass is 9.84. The third-order valence-corrected chi connectivity index (χ3v) is 8.46. The van der Waals surface area contributed by atoms with Crippen LogP contribution in [0.3, 0.4) is 0 Å². The maximum atomic E-state index is 12.8. The summed E-state index contributed by atoms with van der Waals surface area (Å²) in [5.41, 5.74) is 7.95. The number of carboxylic acids is 1. The number of fused-ring (bicyclic) bond motifs is 2. The first-order valence-corrected chi connectivity index (χ1v) is 16.0. The Morgan fingerprint density at radius 3 is 1.98 bits per heavy atom. The number of pyridine rings is 2. The molecule has 9 nitrogen and oxygen atoms in total. The normalized spacial score (nSPS) is 14.4. The van der Waals surface area contributed by atoms with E-state index in [1.807, 2.05) is 129 Å². The van der Waals surface area contributed by atoms with Crippen molar-refractivity contribution in [3.8, 4) is 11.5 Å². The SMILES string of the molecule is CN(C)c1ccc2c(c1)Oc1cc(N(C)C)ccc1C2=C1C=CC(=NCCN(CCc2ccccn2)Cc2ccccn2)C=C1C(=O)O. The van der Waals surface area contributed by atoms with Crippen LogP contribution >= 0.6 is 0 Å². The first-order valence-electron chi connectivity index (χ1n) is 16.0. The van der Waals surface area contributed by atoms with Gasteiger partial charge in [-0.2, -0.15) is 0 Å². The Morgan fingerprint density at radius 2 is 1.42 bits per heavy atom. The molecule has 0 unspecified atom stereocenters. The Morgan fingerprint density at radius 1 is 0.792 bits per heavy atom. The fourth-order valence-electron chi connectivity index (χ4n) is 5.87. The average molecular weight is 641 g/mol. The number of anilines is 2. The molecule has 3 heterocycles. The fourth-order valence-corrected chi connectivity index (χ4v) is 5.87. The lowest BCUT2D eigenvalue weighted by Gasteiger charge is -2.28. The highest BCUT2D eigenvalue weighted by Gasteiger charge is 2.29. The highest BCUT2D eigenvalue weighted by atomic mass is 16.5. The number of aromatic nitrogens is 2. The number of carbonyl (C=O) groups is 1. The van der Waals surface area contributed by atoms with Gasteiger partial charge >= 0.3 is 5.97 Å². The molecule has 244 valence electrons. The third kappa shape index (κ3) is 7.37. The van der Waals surface area contributed by atoms with Gasteiger partial charge in [-0.15, -0.1) is 0 Å². The van der Waals surface area contributed by atoms with Gasteiger partial charge in [0.1, 0.15) is 11.5 Å². The van der Waals surface area contributed by atoms with E-state index < -0.39 is 5.97 Å². The van der Waals surface area contributed by atoms with Crippen molar-refractivity contribution in [2.24, 2.45) is 4.99 Å². The van der Waals surface area contributed by atoms with E-state index in [4.69, 9.17) is 9.73 Å². The van der Waals surface area contributed by atoms with Crippen molar-refractivity contribution >= 4 is 28.6 Å². The Labute approximate surface area is 281 Å². The summed E-state index contributed by atoms with van der Waals surface area (Å²) in [5.74, 6) is 0.359. The van der Waals surface area contributed by atoms with Gasteiger partial charge in [0.15, 0.2) is 0 Å². The van der Waals surface area contributed by atoms with Crippen LogP contribution in [0.2, 0.25) is 0 Å². The van der Waals surface area contributed by atoms with Crippen LogP contribution in [0.25, 0.3) is 5.57 Å². The zero-order valence-corrected chi connectivity index (χ0v) is 27.8. The van der Waals surface area contributed by atoms with Crippen LogP contribution in [0.1, 0.15) is 22.5 Å². The first-order chi connectivity index (χ1) is 23.3. The third-order valence-electron chi connectivity index (χ3n) is 8.46. The van der Waals surface area contributed by atoms with Gasteiger partial charge in [-0.1, -0.05) is 18.2 Å². The van der Waals surface area contributed by atoms with Gasteiger partial charge in [0.05, 0.1) is 23.5 Å². The summed E-state index contributed by atoms with van der Waals surface area (Å²) in [6.07, 6.45) is 9.89. The lowest BCUT2D eigenvalue weighted by Crippen LogP contribution is -2.29. The molecular formula is C39H40N6O3. The Balaban J connectivity index is 1.30. The molecule has 48 heavy (non-hydrogen) atoms. The Hall–Kier alpha value is -5.54. The minimum atomic E-state index is -1.01. The number of aliphatic imine (C=N–C) groups is 1. The molecule has 9 heteroatoms. The molecule has 2 aromatic carbocycles. The number of carboxylic acid groups (broad SMARTS) is 1. The molecular weight excluding hydrogens is 600 g/mol. The van der Waals surface area contributed by atoms with Crippen LogP contribution in [-0.4, -0.2) is 79.5 Å². The van der Waals surface area contributed by atoms with E-state index in [1.54, 1.807) is 12.3 Å². The molecule has 6 rings (SSSR count). The van der Waals surface area contributed by atoms with Crippen LogP contribution in [-0.2, 0) is 17.8 Å². The van der Waals surface area contributed by atoms with Crippen molar-refractivity contribution in [1.29, 1.82) is 0 Å². The van der Waals surface area contributed by atoms with E-state index >= 15 is 0 Å². The molecule has 0 fully saturated rings. The van der Waals surface area contributed by atoms with Gasteiger partial charge in [-0.05, 0) is 66.3 Å². The van der Waals surface area contributed by atoms with E-state index in [9.17, 15) is 9.90 Å². The van der Waals surface area contributed by atoms with Crippen LogP contribution in [0.15, 0.2) is 120 Å². The largest absolute Gasteiger partial charge is 0.478 e. The summed E-state index contributed by atoms with van der Waals surface area (Å²) in [7, 11) is 7.93. The lowest BCUT2D eigenvalue weighted by molar-refractivity contribution is -0.132. The Kier molecular flexibility index (Phi) is 9.78. The van der Waals surface area contributed by atoms with E-state index in [0.29, 0.717) is 42.4 Å². The van der Waals surface area contributed by atoms with Crippen molar-refractivity contribution in [3.05, 3.63) is 137 Å². The molecule has 0 atom stereocenters. The smallest absolute Gasteiger partial charge is 0.336 e. The van der Waals surface area contributed by atoms with Gasteiger partial charge in [0.2, 0.25) is 0 Å².